The number of aliphatic hydroxyl groups is 1. The minimum absolute atomic E-state index is 0.0159. The predicted molar refractivity (Wildman–Crippen MR) is 72.1 cm³/mol. The van der Waals surface area contributed by atoms with Crippen LogP contribution in [0, 0.1) is 0 Å². The van der Waals surface area contributed by atoms with Gasteiger partial charge in [-0.25, -0.2) is 0 Å². The van der Waals surface area contributed by atoms with Crippen LogP contribution < -0.4 is 5.32 Å². The van der Waals surface area contributed by atoms with Crippen molar-refractivity contribution in [1.29, 1.82) is 0 Å². The molecule has 2 aromatic rings. The molecule has 1 aliphatic heterocycles. The van der Waals surface area contributed by atoms with Crippen molar-refractivity contribution in [2.45, 2.75) is 36.8 Å². The normalized spacial score (nSPS) is 27.6. The lowest BCUT2D eigenvalue weighted by molar-refractivity contribution is 0.191. The molecule has 2 atom stereocenters. The molecule has 0 spiro atoms. The van der Waals surface area contributed by atoms with E-state index in [2.05, 4.69) is 27.6 Å². The Balaban J connectivity index is 1.62. The van der Waals surface area contributed by atoms with E-state index in [-0.39, 0.29) is 17.6 Å². The highest BCUT2D eigenvalue weighted by Gasteiger charge is 2.50. The van der Waals surface area contributed by atoms with Crippen LogP contribution in [0.2, 0.25) is 0 Å². The van der Waals surface area contributed by atoms with Gasteiger partial charge < -0.3 is 14.9 Å². The fraction of sp³-hybridized carbons (Fsp3) is 0.467. The minimum Gasteiger partial charge on any atom is -0.392 e. The van der Waals surface area contributed by atoms with Gasteiger partial charge in [0.05, 0.1) is 17.6 Å². The molecule has 0 bridgehead atoms. The van der Waals surface area contributed by atoms with E-state index in [0.29, 0.717) is 18.9 Å². The van der Waals surface area contributed by atoms with Gasteiger partial charge in [0.25, 0.3) is 0 Å². The molecule has 1 saturated heterocycles. The second-order valence-corrected chi connectivity index (χ2v) is 5.75. The van der Waals surface area contributed by atoms with Gasteiger partial charge in [-0.15, -0.1) is 0 Å². The zero-order valence-corrected chi connectivity index (χ0v) is 11.1. The molecule has 0 unspecified atom stereocenters. The summed E-state index contributed by atoms with van der Waals surface area (Å²) in [5.74, 6) is 1.38. The standard InChI is InChI=1S/C15H17N3O2/c19-11-8-12(16-9-11)13-17-14(18-20-13)15(6-7-15)10-4-2-1-3-5-10/h1-5,11-12,16,19H,6-9H2/t11-,12-/m0/s1. The van der Waals surface area contributed by atoms with Gasteiger partial charge in [-0.2, -0.15) is 4.98 Å². The van der Waals surface area contributed by atoms with Gasteiger partial charge in [-0.3, -0.25) is 0 Å². The SMILES string of the molecule is O[C@@H]1CN[C@H](c2nc(C3(c4ccccc4)CC3)no2)C1. The first-order valence-corrected chi connectivity index (χ1v) is 7.09. The molecule has 2 heterocycles. The zero-order valence-electron chi connectivity index (χ0n) is 11.1. The molecule has 5 heteroatoms. The molecule has 0 radical (unpaired) electrons. The third kappa shape index (κ3) is 1.85. The van der Waals surface area contributed by atoms with Crippen LogP contribution in [0.5, 0.6) is 0 Å². The molecule has 5 nitrogen and oxygen atoms in total. The topological polar surface area (TPSA) is 71.2 Å². The number of β-amino-alcohol motifs (C(OH)–C–C–N with tert-alkyl or cyclic N) is 1. The molecule has 2 N–H and O–H groups in total. The Morgan fingerprint density at radius 3 is 2.70 bits per heavy atom. The molecule has 1 aromatic carbocycles. The predicted octanol–water partition coefficient (Wildman–Crippen LogP) is 1.54. The number of rotatable bonds is 3. The summed E-state index contributed by atoms with van der Waals surface area (Å²) < 4.78 is 5.41. The lowest BCUT2D eigenvalue weighted by Gasteiger charge is -2.10. The van der Waals surface area contributed by atoms with E-state index in [1.807, 2.05) is 18.2 Å². The molecular weight excluding hydrogens is 254 g/mol. The summed E-state index contributed by atoms with van der Waals surface area (Å²) in [7, 11) is 0. The van der Waals surface area contributed by atoms with Crippen LogP contribution in [0.15, 0.2) is 34.9 Å². The van der Waals surface area contributed by atoms with Gasteiger partial charge in [-0.05, 0) is 24.8 Å². The number of nitrogens with one attached hydrogen (secondary N) is 1. The second-order valence-electron chi connectivity index (χ2n) is 5.75. The molecular formula is C15H17N3O2. The van der Waals surface area contributed by atoms with E-state index in [4.69, 9.17) is 4.52 Å². The van der Waals surface area contributed by atoms with Crippen LogP contribution in [0.1, 0.15) is 42.6 Å². The Morgan fingerprint density at radius 2 is 2.05 bits per heavy atom. The third-order valence-corrected chi connectivity index (χ3v) is 4.35. The quantitative estimate of drug-likeness (QED) is 0.886. The summed E-state index contributed by atoms with van der Waals surface area (Å²) >= 11 is 0. The number of hydrogen-bond donors (Lipinski definition) is 2. The summed E-state index contributed by atoms with van der Waals surface area (Å²) in [6.07, 6.45) is 2.45. The Bertz CT molecular complexity index is 607. The highest BCUT2D eigenvalue weighted by atomic mass is 16.5. The highest BCUT2D eigenvalue weighted by molar-refractivity contribution is 5.38. The van der Waals surface area contributed by atoms with Crippen LogP contribution in [0.4, 0.5) is 0 Å². The zero-order chi connectivity index (χ0) is 13.6. The van der Waals surface area contributed by atoms with Gasteiger partial charge in [0.1, 0.15) is 0 Å². The molecule has 4 rings (SSSR count). The summed E-state index contributed by atoms with van der Waals surface area (Å²) in [5, 5.41) is 17.0. The van der Waals surface area contributed by atoms with Crippen molar-refractivity contribution >= 4 is 0 Å². The lowest BCUT2D eigenvalue weighted by atomic mass is 9.95. The van der Waals surface area contributed by atoms with Crippen molar-refractivity contribution < 1.29 is 9.63 Å². The molecule has 104 valence electrons. The molecule has 0 amide bonds. The molecule has 20 heavy (non-hydrogen) atoms. The van der Waals surface area contributed by atoms with Gasteiger partial charge in [0, 0.05) is 6.54 Å². The monoisotopic (exact) mass is 271 g/mol. The number of hydrogen-bond acceptors (Lipinski definition) is 5. The number of aromatic nitrogens is 2. The van der Waals surface area contributed by atoms with Crippen LogP contribution in [0.3, 0.4) is 0 Å². The number of nitrogens with zero attached hydrogens (tertiary/aromatic N) is 2. The summed E-state index contributed by atoms with van der Waals surface area (Å²) in [5.41, 5.74) is 1.20. The van der Waals surface area contributed by atoms with Crippen molar-refractivity contribution in [3.8, 4) is 0 Å². The van der Waals surface area contributed by atoms with E-state index in [1.165, 1.54) is 5.56 Å². The van der Waals surface area contributed by atoms with Crippen molar-refractivity contribution in [3.05, 3.63) is 47.6 Å². The van der Waals surface area contributed by atoms with Crippen LogP contribution >= 0.6 is 0 Å². The van der Waals surface area contributed by atoms with E-state index in [1.54, 1.807) is 0 Å². The number of aliphatic hydroxyl groups excluding tert-OH is 1. The van der Waals surface area contributed by atoms with Gasteiger partial charge >= 0.3 is 0 Å². The first-order valence-electron chi connectivity index (χ1n) is 7.09. The van der Waals surface area contributed by atoms with Crippen molar-refractivity contribution in [1.82, 2.24) is 15.5 Å². The summed E-state index contributed by atoms with van der Waals surface area (Å²) in [6, 6.07) is 10.3. The van der Waals surface area contributed by atoms with E-state index in [0.717, 1.165) is 18.7 Å². The van der Waals surface area contributed by atoms with Crippen LogP contribution in [-0.4, -0.2) is 27.9 Å². The first-order chi connectivity index (χ1) is 9.78. The largest absolute Gasteiger partial charge is 0.392 e. The maximum atomic E-state index is 9.57. The third-order valence-electron chi connectivity index (χ3n) is 4.35. The lowest BCUT2D eigenvalue weighted by Crippen LogP contribution is -2.15. The summed E-state index contributed by atoms with van der Waals surface area (Å²) in [4.78, 5) is 4.59. The summed E-state index contributed by atoms with van der Waals surface area (Å²) in [6.45, 7) is 0.589. The molecule has 1 aliphatic carbocycles. The molecule has 1 aromatic heterocycles. The second kappa shape index (κ2) is 4.40. The van der Waals surface area contributed by atoms with Gasteiger partial charge in [-0.1, -0.05) is 35.5 Å². The van der Waals surface area contributed by atoms with E-state index >= 15 is 0 Å². The molecule has 2 fully saturated rings. The fourth-order valence-electron chi connectivity index (χ4n) is 3.00. The number of benzene rings is 1. The van der Waals surface area contributed by atoms with E-state index < -0.39 is 0 Å². The Kier molecular flexibility index (Phi) is 2.65. The first kappa shape index (κ1) is 12.1. The fourth-order valence-corrected chi connectivity index (χ4v) is 3.00. The van der Waals surface area contributed by atoms with Gasteiger partial charge in [0.15, 0.2) is 5.82 Å². The average Bonchev–Trinajstić information content (AvgIpc) is 2.93. The Labute approximate surface area is 117 Å². The van der Waals surface area contributed by atoms with Crippen molar-refractivity contribution in [2.24, 2.45) is 0 Å². The maximum Gasteiger partial charge on any atom is 0.243 e. The van der Waals surface area contributed by atoms with Gasteiger partial charge in [0.2, 0.25) is 5.89 Å². The van der Waals surface area contributed by atoms with Crippen molar-refractivity contribution in [3.63, 3.8) is 0 Å². The smallest absolute Gasteiger partial charge is 0.243 e. The maximum absolute atomic E-state index is 9.57. The van der Waals surface area contributed by atoms with Crippen LogP contribution in [-0.2, 0) is 5.41 Å². The molecule has 1 saturated carbocycles. The van der Waals surface area contributed by atoms with Crippen molar-refractivity contribution in [2.75, 3.05) is 6.54 Å². The minimum atomic E-state index is -0.320. The Hall–Kier alpha value is -1.72. The Morgan fingerprint density at radius 1 is 1.25 bits per heavy atom. The molecule has 2 aliphatic rings. The average molecular weight is 271 g/mol. The van der Waals surface area contributed by atoms with E-state index in [9.17, 15) is 5.11 Å². The van der Waals surface area contributed by atoms with Crippen LogP contribution in [0.25, 0.3) is 0 Å². The highest BCUT2D eigenvalue weighted by Crippen LogP contribution is 2.52.